The van der Waals surface area contributed by atoms with E-state index in [1.165, 1.54) is 12.1 Å². The molecule has 0 fully saturated rings. The van der Waals surface area contributed by atoms with Crippen molar-refractivity contribution in [3.8, 4) is 0 Å². The summed E-state index contributed by atoms with van der Waals surface area (Å²) >= 11 is 5.70. The van der Waals surface area contributed by atoms with Gasteiger partial charge in [-0.3, -0.25) is 4.79 Å². The van der Waals surface area contributed by atoms with Crippen molar-refractivity contribution in [2.75, 3.05) is 6.61 Å². The molecule has 122 valence electrons. The molecule has 1 aromatic heterocycles. The number of nitrogens with one attached hydrogen (secondary N) is 1. The quantitative estimate of drug-likeness (QED) is 0.662. The second-order valence-corrected chi connectivity index (χ2v) is 5.16. The number of benzene rings is 1. The lowest BCUT2D eigenvalue weighted by Gasteiger charge is -2.18. The Morgan fingerprint density at radius 2 is 1.91 bits per heavy atom. The zero-order valence-electron chi connectivity index (χ0n) is 11.9. The van der Waals surface area contributed by atoms with Crippen molar-refractivity contribution in [1.82, 2.24) is 10.3 Å². The average Bonchev–Trinajstić information content (AvgIpc) is 2.49. The molecule has 2 rings (SSSR count). The van der Waals surface area contributed by atoms with Gasteiger partial charge in [0.15, 0.2) is 17.5 Å². The smallest absolute Gasteiger partial charge is 0.253 e. The zero-order chi connectivity index (χ0) is 17.1. The van der Waals surface area contributed by atoms with Crippen LogP contribution in [0.4, 0.5) is 13.2 Å². The number of hydrogen-bond donors (Lipinski definition) is 2. The molecule has 1 atom stereocenters. The predicted molar refractivity (Wildman–Crippen MR) is 77.6 cm³/mol. The number of hydrogen-bond acceptors (Lipinski definition) is 3. The van der Waals surface area contributed by atoms with Crippen LogP contribution >= 0.6 is 11.6 Å². The Morgan fingerprint density at radius 3 is 2.43 bits per heavy atom. The van der Waals surface area contributed by atoms with Crippen molar-refractivity contribution in [3.63, 3.8) is 0 Å². The lowest BCUT2D eigenvalue weighted by molar-refractivity contribution is 0.0914. The van der Waals surface area contributed by atoms with Crippen molar-refractivity contribution < 1.29 is 23.1 Å². The Hall–Kier alpha value is -2.12. The molecule has 0 aliphatic heterocycles. The largest absolute Gasteiger partial charge is 0.394 e. The number of carbonyl (C=O) groups is 1. The van der Waals surface area contributed by atoms with Crippen LogP contribution < -0.4 is 5.32 Å². The highest BCUT2D eigenvalue weighted by Crippen LogP contribution is 2.20. The lowest BCUT2D eigenvalue weighted by atomic mass is 10.1. The summed E-state index contributed by atoms with van der Waals surface area (Å²) in [4.78, 5) is 16.1. The summed E-state index contributed by atoms with van der Waals surface area (Å²) in [6.45, 7) is 0.933. The Labute approximate surface area is 134 Å². The van der Waals surface area contributed by atoms with Crippen LogP contribution in [0.2, 0.25) is 5.15 Å². The molecule has 0 saturated heterocycles. The molecule has 4 nitrogen and oxygen atoms in total. The third-order valence-corrected chi connectivity index (χ3v) is 3.40. The molecule has 2 aromatic rings. The van der Waals surface area contributed by atoms with Crippen LogP contribution in [0.25, 0.3) is 0 Å². The maximum absolute atomic E-state index is 13.3. The molecule has 0 aliphatic rings. The molecule has 1 amide bonds. The zero-order valence-corrected chi connectivity index (χ0v) is 12.7. The number of aryl methyl sites for hydroxylation is 1. The van der Waals surface area contributed by atoms with Gasteiger partial charge in [-0.2, -0.15) is 0 Å². The van der Waals surface area contributed by atoms with Gasteiger partial charge in [0.25, 0.3) is 5.91 Å². The first-order valence-electron chi connectivity index (χ1n) is 6.52. The summed E-state index contributed by atoms with van der Waals surface area (Å²) < 4.78 is 39.5. The van der Waals surface area contributed by atoms with Crippen LogP contribution in [0.5, 0.6) is 0 Å². The molecule has 1 unspecified atom stereocenters. The highest BCUT2D eigenvalue weighted by atomic mass is 35.5. The third kappa shape index (κ3) is 3.80. The van der Waals surface area contributed by atoms with E-state index in [0.717, 1.165) is 0 Å². The first kappa shape index (κ1) is 17.2. The number of aromatic nitrogens is 1. The van der Waals surface area contributed by atoms with Crippen LogP contribution in [0.3, 0.4) is 0 Å². The highest BCUT2D eigenvalue weighted by molar-refractivity contribution is 6.29. The van der Waals surface area contributed by atoms with Gasteiger partial charge in [-0.25, -0.2) is 18.2 Å². The molecule has 0 radical (unpaired) electrons. The average molecular weight is 345 g/mol. The van der Waals surface area contributed by atoms with Crippen molar-refractivity contribution >= 4 is 17.5 Å². The molecular weight excluding hydrogens is 333 g/mol. The number of nitrogens with zero attached hydrogens (tertiary/aromatic N) is 1. The van der Waals surface area contributed by atoms with E-state index in [2.05, 4.69) is 10.3 Å². The first-order chi connectivity index (χ1) is 10.8. The fourth-order valence-corrected chi connectivity index (χ4v) is 2.21. The van der Waals surface area contributed by atoms with Crippen LogP contribution in [0.15, 0.2) is 24.3 Å². The Kier molecular flexibility index (Phi) is 5.23. The van der Waals surface area contributed by atoms with Gasteiger partial charge < -0.3 is 10.4 Å². The standard InChI is InChI=1S/C15H12ClF3N2O2/c1-7-9(2-3-13(16)20-7)15(23)21-12(6-22)8-4-10(17)14(19)11(18)5-8/h2-5,12,22H,6H2,1H3,(H,21,23). The number of aliphatic hydroxyl groups excluding tert-OH is 1. The van der Waals surface area contributed by atoms with Gasteiger partial charge >= 0.3 is 0 Å². The topological polar surface area (TPSA) is 62.2 Å². The second-order valence-electron chi connectivity index (χ2n) is 4.77. The minimum Gasteiger partial charge on any atom is -0.394 e. The molecule has 23 heavy (non-hydrogen) atoms. The van der Waals surface area contributed by atoms with E-state index >= 15 is 0 Å². The summed E-state index contributed by atoms with van der Waals surface area (Å²) in [7, 11) is 0. The fraction of sp³-hybridized carbons (Fsp3) is 0.200. The molecule has 0 aliphatic carbocycles. The Morgan fingerprint density at radius 1 is 1.30 bits per heavy atom. The fourth-order valence-electron chi connectivity index (χ4n) is 2.02. The second kappa shape index (κ2) is 6.97. The van der Waals surface area contributed by atoms with E-state index < -0.39 is 36.0 Å². The number of pyridine rings is 1. The molecule has 8 heteroatoms. The predicted octanol–water partition coefficient (Wildman–Crippen LogP) is 2.92. The number of aliphatic hydroxyl groups is 1. The monoisotopic (exact) mass is 344 g/mol. The summed E-state index contributed by atoms with van der Waals surface area (Å²) in [6.07, 6.45) is 0. The van der Waals surface area contributed by atoms with Crippen molar-refractivity contribution in [2.24, 2.45) is 0 Å². The van der Waals surface area contributed by atoms with E-state index in [1.807, 2.05) is 0 Å². The number of rotatable bonds is 4. The maximum Gasteiger partial charge on any atom is 0.253 e. The van der Waals surface area contributed by atoms with Gasteiger partial charge in [0.1, 0.15) is 5.15 Å². The maximum atomic E-state index is 13.3. The summed E-state index contributed by atoms with van der Waals surface area (Å²) in [5, 5.41) is 12.0. The Balaban J connectivity index is 2.27. The van der Waals surface area contributed by atoms with Crippen LogP contribution in [-0.2, 0) is 0 Å². The van der Waals surface area contributed by atoms with Crippen molar-refractivity contribution in [1.29, 1.82) is 0 Å². The molecular formula is C15H12ClF3N2O2. The van der Waals surface area contributed by atoms with Gasteiger partial charge in [-0.05, 0) is 36.8 Å². The SMILES string of the molecule is Cc1nc(Cl)ccc1C(=O)NC(CO)c1cc(F)c(F)c(F)c1. The van der Waals surface area contributed by atoms with Gasteiger partial charge in [0, 0.05) is 0 Å². The third-order valence-electron chi connectivity index (χ3n) is 3.19. The van der Waals surface area contributed by atoms with Crippen LogP contribution in [-0.4, -0.2) is 22.6 Å². The molecule has 2 N–H and O–H groups in total. The summed E-state index contributed by atoms with van der Waals surface area (Å²) in [5.74, 6) is -5.04. The van der Waals surface area contributed by atoms with Gasteiger partial charge in [-0.1, -0.05) is 11.6 Å². The minimum atomic E-state index is -1.62. The highest BCUT2D eigenvalue weighted by Gasteiger charge is 2.20. The molecule has 0 saturated carbocycles. The van der Waals surface area contributed by atoms with E-state index in [1.54, 1.807) is 6.92 Å². The van der Waals surface area contributed by atoms with Gasteiger partial charge in [-0.15, -0.1) is 0 Å². The van der Waals surface area contributed by atoms with Crippen molar-refractivity contribution in [3.05, 3.63) is 63.7 Å². The van der Waals surface area contributed by atoms with Crippen molar-refractivity contribution in [2.45, 2.75) is 13.0 Å². The minimum absolute atomic E-state index is 0.100. The summed E-state index contributed by atoms with van der Waals surface area (Å²) in [6, 6.07) is 3.16. The molecule has 0 spiro atoms. The summed E-state index contributed by atoms with van der Waals surface area (Å²) in [5.41, 5.74) is 0.441. The first-order valence-corrected chi connectivity index (χ1v) is 6.90. The lowest BCUT2D eigenvalue weighted by Crippen LogP contribution is -2.31. The van der Waals surface area contributed by atoms with E-state index in [0.29, 0.717) is 17.8 Å². The normalized spacial score (nSPS) is 12.1. The van der Waals surface area contributed by atoms with E-state index in [9.17, 15) is 23.1 Å². The van der Waals surface area contributed by atoms with E-state index in [4.69, 9.17) is 11.6 Å². The van der Waals surface area contributed by atoms with Crippen LogP contribution in [0, 0.1) is 24.4 Å². The van der Waals surface area contributed by atoms with Crippen LogP contribution in [0.1, 0.15) is 27.7 Å². The van der Waals surface area contributed by atoms with E-state index in [-0.39, 0.29) is 16.3 Å². The molecule has 1 aromatic carbocycles. The molecule has 0 bridgehead atoms. The number of halogens is 4. The van der Waals surface area contributed by atoms with Gasteiger partial charge in [0.05, 0.1) is 23.9 Å². The molecule has 1 heterocycles. The number of carbonyl (C=O) groups excluding carboxylic acids is 1. The number of amides is 1. The van der Waals surface area contributed by atoms with Gasteiger partial charge in [0.2, 0.25) is 0 Å². The Bertz CT molecular complexity index is 732.